The van der Waals surface area contributed by atoms with Gasteiger partial charge in [0.2, 0.25) is 0 Å². The number of benzene rings is 1. The van der Waals surface area contributed by atoms with E-state index in [2.05, 4.69) is 28.2 Å². The van der Waals surface area contributed by atoms with Crippen LogP contribution in [-0.4, -0.2) is 14.5 Å². The molecular formula is C22H17N3OS. The quantitative estimate of drug-likeness (QED) is 0.515. The van der Waals surface area contributed by atoms with Crippen molar-refractivity contribution >= 4 is 11.3 Å². The van der Waals surface area contributed by atoms with E-state index in [1.165, 1.54) is 16.9 Å². The van der Waals surface area contributed by atoms with Crippen molar-refractivity contribution in [3.05, 3.63) is 82.4 Å². The molecule has 1 aromatic carbocycles. The van der Waals surface area contributed by atoms with Gasteiger partial charge in [0.1, 0.15) is 5.01 Å². The molecule has 132 valence electrons. The molecule has 0 radical (unpaired) electrons. The third-order valence-electron chi connectivity index (χ3n) is 5.03. The molecule has 5 heteroatoms. The number of fused-ring (bicyclic) bond motifs is 3. The smallest absolute Gasteiger partial charge is 0.261 e. The second-order valence-corrected chi connectivity index (χ2v) is 7.51. The summed E-state index contributed by atoms with van der Waals surface area (Å²) in [5.74, 6) is 0. The number of nitrogens with zero attached hydrogens (tertiary/aromatic N) is 3. The lowest BCUT2D eigenvalue weighted by atomic mass is 9.95. The summed E-state index contributed by atoms with van der Waals surface area (Å²) < 4.78 is 1.92. The Hall–Kier alpha value is -3.05. The fourth-order valence-corrected chi connectivity index (χ4v) is 4.45. The zero-order valence-electron chi connectivity index (χ0n) is 14.6. The van der Waals surface area contributed by atoms with E-state index in [0.29, 0.717) is 12.1 Å². The molecule has 1 aliphatic rings. The Balaban J connectivity index is 1.90. The summed E-state index contributed by atoms with van der Waals surface area (Å²) in [6.07, 6.45) is 7.34. The molecule has 0 amide bonds. The normalized spacial score (nSPS) is 12.9. The fourth-order valence-electron chi connectivity index (χ4n) is 3.80. The van der Waals surface area contributed by atoms with Crippen molar-refractivity contribution in [1.82, 2.24) is 14.5 Å². The molecule has 0 saturated heterocycles. The molecule has 0 N–H and O–H groups in total. The zero-order valence-corrected chi connectivity index (χ0v) is 15.4. The summed E-state index contributed by atoms with van der Waals surface area (Å²) in [6, 6.07) is 14.3. The van der Waals surface area contributed by atoms with Crippen molar-refractivity contribution in [2.45, 2.75) is 19.4 Å². The number of hydrogen-bond donors (Lipinski definition) is 0. The minimum atomic E-state index is 0.0244. The van der Waals surface area contributed by atoms with Crippen LogP contribution in [0.15, 0.2) is 71.2 Å². The topological polar surface area (TPSA) is 47.8 Å². The van der Waals surface area contributed by atoms with Crippen LogP contribution < -0.4 is 5.56 Å². The van der Waals surface area contributed by atoms with Crippen molar-refractivity contribution in [2.24, 2.45) is 0 Å². The summed E-state index contributed by atoms with van der Waals surface area (Å²) in [6.45, 7) is 0.696. The number of aryl methyl sites for hydroxylation is 1. The van der Waals surface area contributed by atoms with Crippen LogP contribution in [0.5, 0.6) is 0 Å². The highest BCUT2D eigenvalue weighted by Gasteiger charge is 2.23. The van der Waals surface area contributed by atoms with E-state index in [1.54, 1.807) is 6.20 Å². The number of aromatic nitrogens is 3. The fraction of sp³-hybridized carbons (Fsp3) is 0.136. The Morgan fingerprint density at radius 2 is 1.89 bits per heavy atom. The highest BCUT2D eigenvalue weighted by molar-refractivity contribution is 7.13. The van der Waals surface area contributed by atoms with Crippen LogP contribution >= 0.6 is 11.3 Å². The molecule has 3 aromatic heterocycles. The van der Waals surface area contributed by atoms with Gasteiger partial charge in [0.15, 0.2) is 0 Å². The molecule has 27 heavy (non-hydrogen) atoms. The van der Waals surface area contributed by atoms with Crippen LogP contribution in [0.1, 0.15) is 12.0 Å². The molecule has 0 aliphatic carbocycles. The van der Waals surface area contributed by atoms with Gasteiger partial charge in [-0.2, -0.15) is 0 Å². The van der Waals surface area contributed by atoms with Crippen LogP contribution in [0.4, 0.5) is 0 Å². The van der Waals surface area contributed by atoms with Gasteiger partial charge >= 0.3 is 0 Å². The minimum absolute atomic E-state index is 0.0244. The molecule has 0 spiro atoms. The maximum absolute atomic E-state index is 13.4. The average Bonchev–Trinajstić information content (AvgIpc) is 3.17. The van der Waals surface area contributed by atoms with Crippen LogP contribution in [0, 0.1) is 0 Å². The summed E-state index contributed by atoms with van der Waals surface area (Å²) in [7, 11) is 0. The van der Waals surface area contributed by atoms with Gasteiger partial charge in [0, 0.05) is 41.6 Å². The monoisotopic (exact) mass is 371 g/mol. The third kappa shape index (κ3) is 2.71. The van der Waals surface area contributed by atoms with Crippen LogP contribution in [-0.2, 0) is 13.0 Å². The van der Waals surface area contributed by atoms with E-state index in [0.717, 1.165) is 40.2 Å². The lowest BCUT2D eigenvalue weighted by Crippen LogP contribution is -2.23. The summed E-state index contributed by atoms with van der Waals surface area (Å²) in [5, 5.41) is 2.68. The molecule has 0 saturated carbocycles. The lowest BCUT2D eigenvalue weighted by Gasteiger charge is -2.18. The van der Waals surface area contributed by atoms with E-state index >= 15 is 0 Å². The molecule has 4 aromatic rings. The Morgan fingerprint density at radius 1 is 1.00 bits per heavy atom. The third-order valence-corrected chi connectivity index (χ3v) is 5.84. The lowest BCUT2D eigenvalue weighted by molar-refractivity contribution is 0.642. The second-order valence-electron chi connectivity index (χ2n) is 6.62. The highest BCUT2D eigenvalue weighted by atomic mass is 32.1. The van der Waals surface area contributed by atoms with E-state index < -0.39 is 0 Å². The molecule has 4 nitrogen and oxygen atoms in total. The van der Waals surface area contributed by atoms with E-state index in [1.807, 2.05) is 46.6 Å². The van der Waals surface area contributed by atoms with Gasteiger partial charge < -0.3 is 4.57 Å². The Bertz CT molecular complexity index is 1160. The Morgan fingerprint density at radius 3 is 2.70 bits per heavy atom. The molecule has 0 fully saturated rings. The van der Waals surface area contributed by atoms with Crippen molar-refractivity contribution < 1.29 is 0 Å². The first-order valence-corrected chi connectivity index (χ1v) is 9.87. The van der Waals surface area contributed by atoms with Crippen molar-refractivity contribution in [1.29, 1.82) is 0 Å². The number of hydrogen-bond acceptors (Lipinski definition) is 4. The SMILES string of the molecule is O=c1c(-c2nccs2)cc(-c2ccccc2)c2n1CCCc1ccncc1-2. The molecule has 0 atom stereocenters. The molecule has 5 rings (SSSR count). The van der Waals surface area contributed by atoms with Crippen LogP contribution in [0.3, 0.4) is 0 Å². The second kappa shape index (κ2) is 6.59. The van der Waals surface area contributed by atoms with E-state index in [9.17, 15) is 4.79 Å². The van der Waals surface area contributed by atoms with Gasteiger partial charge in [0.05, 0.1) is 11.3 Å². The highest BCUT2D eigenvalue weighted by Crippen LogP contribution is 2.37. The molecular weight excluding hydrogens is 354 g/mol. The standard InChI is InChI=1S/C22H17N3OS/c26-22-18(21-24-10-12-27-21)13-17(15-5-2-1-3-6-15)20-19-14-23-9-8-16(19)7-4-11-25(20)22/h1-3,5-6,8-10,12-14H,4,7,11H2. The van der Waals surface area contributed by atoms with E-state index in [-0.39, 0.29) is 5.56 Å². The first kappa shape index (κ1) is 16.1. The maximum atomic E-state index is 13.4. The van der Waals surface area contributed by atoms with Crippen molar-refractivity contribution in [2.75, 3.05) is 0 Å². The summed E-state index contributed by atoms with van der Waals surface area (Å²) in [5.41, 5.74) is 6.10. The Kier molecular flexibility index (Phi) is 3.94. The average molecular weight is 371 g/mol. The predicted molar refractivity (Wildman–Crippen MR) is 109 cm³/mol. The molecule has 0 bridgehead atoms. The van der Waals surface area contributed by atoms with Gasteiger partial charge in [-0.3, -0.25) is 9.78 Å². The summed E-state index contributed by atoms with van der Waals surface area (Å²) in [4.78, 5) is 22.1. The van der Waals surface area contributed by atoms with Gasteiger partial charge in [-0.05, 0) is 36.1 Å². The van der Waals surface area contributed by atoms with Gasteiger partial charge in [-0.25, -0.2) is 4.98 Å². The first-order chi connectivity index (χ1) is 13.3. The van der Waals surface area contributed by atoms with Gasteiger partial charge in [-0.15, -0.1) is 11.3 Å². The zero-order chi connectivity index (χ0) is 18.2. The first-order valence-electron chi connectivity index (χ1n) is 8.99. The number of thiazole rings is 1. The number of pyridine rings is 2. The van der Waals surface area contributed by atoms with Gasteiger partial charge in [0.25, 0.3) is 5.56 Å². The molecule has 1 aliphatic heterocycles. The summed E-state index contributed by atoms with van der Waals surface area (Å²) >= 11 is 1.50. The number of rotatable bonds is 2. The molecule has 4 heterocycles. The minimum Gasteiger partial charge on any atom is -0.307 e. The predicted octanol–water partition coefficient (Wildman–Crippen LogP) is 4.65. The van der Waals surface area contributed by atoms with Gasteiger partial charge in [-0.1, -0.05) is 30.3 Å². The van der Waals surface area contributed by atoms with Crippen LogP contribution in [0.2, 0.25) is 0 Å². The largest absolute Gasteiger partial charge is 0.307 e. The van der Waals surface area contributed by atoms with Crippen molar-refractivity contribution in [3.8, 4) is 33.0 Å². The van der Waals surface area contributed by atoms with E-state index in [4.69, 9.17) is 0 Å². The molecule has 0 unspecified atom stereocenters. The Labute approximate surface area is 160 Å². The van der Waals surface area contributed by atoms with Crippen LogP contribution in [0.25, 0.3) is 33.0 Å². The van der Waals surface area contributed by atoms with Crippen molar-refractivity contribution in [3.63, 3.8) is 0 Å². The maximum Gasteiger partial charge on any atom is 0.261 e.